The van der Waals surface area contributed by atoms with Gasteiger partial charge in [0.05, 0.1) is 29.5 Å². The third kappa shape index (κ3) is 3.71. The number of rotatable bonds is 3. The summed E-state index contributed by atoms with van der Waals surface area (Å²) in [5, 5.41) is 40.8. The molecule has 4 rings (SSSR count). The molecule has 7 heteroatoms. The van der Waals surface area contributed by atoms with E-state index in [1.54, 1.807) is 72.2 Å². The van der Waals surface area contributed by atoms with Gasteiger partial charge in [-0.15, -0.1) is 0 Å². The summed E-state index contributed by atoms with van der Waals surface area (Å²) in [7, 11) is 0. The molecular weight excluding hydrogens is 410 g/mol. The summed E-state index contributed by atoms with van der Waals surface area (Å²) < 4.78 is 0. The summed E-state index contributed by atoms with van der Waals surface area (Å²) in [6.07, 6.45) is 6.56. The van der Waals surface area contributed by atoms with E-state index in [0.717, 1.165) is 0 Å². The molecule has 0 aliphatic rings. The number of anilines is 3. The average molecular weight is 423 g/mol. The molecule has 0 aliphatic carbocycles. The second kappa shape index (κ2) is 9.11. The first-order valence-corrected chi connectivity index (χ1v) is 9.74. The Morgan fingerprint density at radius 2 is 1.21 bits per heavy atom. The van der Waals surface area contributed by atoms with Crippen molar-refractivity contribution in [2.75, 3.05) is 4.90 Å². The molecule has 2 heterocycles. The molecule has 152 valence electrons. The highest BCUT2D eigenvalue weighted by Crippen LogP contribution is 2.32. The van der Waals surface area contributed by atoms with Crippen LogP contribution in [-0.4, -0.2) is 9.97 Å². The number of nitrogens with zero attached hydrogens (tertiary/aromatic N) is 7. The summed E-state index contributed by atoms with van der Waals surface area (Å²) >= 11 is 0. The van der Waals surface area contributed by atoms with Crippen molar-refractivity contribution in [3.05, 3.63) is 89.8 Å². The van der Waals surface area contributed by atoms with Gasteiger partial charge in [0.1, 0.15) is 35.4 Å². The van der Waals surface area contributed by atoms with Gasteiger partial charge in [-0.3, -0.25) is 9.97 Å². The van der Waals surface area contributed by atoms with Gasteiger partial charge < -0.3 is 4.90 Å². The van der Waals surface area contributed by atoms with Crippen LogP contribution in [0.3, 0.4) is 0 Å². The number of aromatic nitrogens is 2. The number of pyridine rings is 2. The highest BCUT2D eigenvalue weighted by Gasteiger charge is 2.19. The molecule has 0 radical (unpaired) electrons. The van der Waals surface area contributed by atoms with E-state index in [9.17, 15) is 21.0 Å². The summed E-state index contributed by atoms with van der Waals surface area (Å²) in [5.41, 5.74) is 1.58. The summed E-state index contributed by atoms with van der Waals surface area (Å²) in [6, 6.07) is 23.8. The molecule has 0 aliphatic heterocycles. The second-order valence-electron chi connectivity index (χ2n) is 6.82. The van der Waals surface area contributed by atoms with Gasteiger partial charge in [0.15, 0.2) is 0 Å². The van der Waals surface area contributed by atoms with Crippen molar-refractivity contribution in [1.82, 2.24) is 9.97 Å². The lowest BCUT2D eigenvalue weighted by atomic mass is 9.98. The Morgan fingerprint density at radius 1 is 0.667 bits per heavy atom. The minimum Gasteiger partial charge on any atom is -0.307 e. The predicted octanol–water partition coefficient (Wildman–Crippen LogP) is 3.50. The first-order valence-electron chi connectivity index (χ1n) is 9.74. The summed E-state index contributed by atoms with van der Waals surface area (Å²) in [5.74, 6) is 0. The highest BCUT2D eigenvalue weighted by molar-refractivity contribution is 5.97. The number of fused-ring (bicyclic) bond motifs is 1. The van der Waals surface area contributed by atoms with Crippen LogP contribution in [0.1, 0.15) is 0 Å². The fourth-order valence-electron chi connectivity index (χ4n) is 3.69. The van der Waals surface area contributed by atoms with Crippen LogP contribution in [0.5, 0.6) is 0 Å². The van der Waals surface area contributed by atoms with Crippen molar-refractivity contribution >= 4 is 39.0 Å². The maximum absolute atomic E-state index is 9.79. The van der Waals surface area contributed by atoms with Gasteiger partial charge in [-0.2, -0.15) is 21.0 Å². The number of hydrogen-bond donors (Lipinski definition) is 0. The van der Waals surface area contributed by atoms with Crippen LogP contribution >= 0.6 is 0 Å². The molecule has 2 aromatic heterocycles. The van der Waals surface area contributed by atoms with Crippen LogP contribution in [0.15, 0.2) is 79.4 Å². The number of hydrogen-bond acceptors (Lipinski definition) is 7. The molecule has 0 spiro atoms. The molecule has 7 nitrogen and oxygen atoms in total. The third-order valence-electron chi connectivity index (χ3n) is 5.04. The monoisotopic (exact) mass is 423 g/mol. The lowest BCUT2D eigenvalue weighted by Crippen LogP contribution is -2.25. The van der Waals surface area contributed by atoms with Gasteiger partial charge in [-0.1, -0.05) is 24.3 Å². The van der Waals surface area contributed by atoms with Crippen LogP contribution in [0.2, 0.25) is 0 Å². The van der Waals surface area contributed by atoms with E-state index in [1.165, 1.54) is 0 Å². The third-order valence-corrected chi connectivity index (χ3v) is 5.04. The maximum Gasteiger partial charge on any atom is 0.139 e. The Balaban J connectivity index is 2.33. The van der Waals surface area contributed by atoms with Crippen molar-refractivity contribution in [2.24, 2.45) is 0 Å². The Labute approximate surface area is 189 Å². The van der Waals surface area contributed by atoms with Gasteiger partial charge in [0.2, 0.25) is 0 Å². The molecule has 0 fully saturated rings. The summed E-state index contributed by atoms with van der Waals surface area (Å²) in [6.45, 7) is 0. The van der Waals surface area contributed by atoms with Crippen LogP contribution in [-0.2, 0) is 0 Å². The predicted molar refractivity (Wildman–Crippen MR) is 123 cm³/mol. The van der Waals surface area contributed by atoms with E-state index in [-0.39, 0.29) is 11.1 Å². The van der Waals surface area contributed by atoms with Crippen LogP contribution < -0.4 is 15.3 Å². The van der Waals surface area contributed by atoms with Crippen molar-refractivity contribution in [3.8, 4) is 24.3 Å². The minimum absolute atomic E-state index is 0.0770. The minimum atomic E-state index is -0.0963. The van der Waals surface area contributed by atoms with Gasteiger partial charge in [-0.25, -0.2) is 0 Å². The van der Waals surface area contributed by atoms with E-state index in [1.807, 2.05) is 36.4 Å². The lowest BCUT2D eigenvalue weighted by molar-refractivity contribution is 1.19. The first kappa shape index (κ1) is 20.8. The molecule has 2 aromatic carbocycles. The Hall–Kier alpha value is -5.50. The van der Waals surface area contributed by atoms with Crippen molar-refractivity contribution in [3.63, 3.8) is 0 Å². The fourth-order valence-corrected chi connectivity index (χ4v) is 3.69. The van der Waals surface area contributed by atoms with Gasteiger partial charge in [0, 0.05) is 22.8 Å². The summed E-state index contributed by atoms with van der Waals surface area (Å²) in [4.78, 5) is 10.2. The lowest BCUT2D eigenvalue weighted by Gasteiger charge is -2.26. The van der Waals surface area contributed by atoms with E-state index in [2.05, 4.69) is 9.97 Å². The van der Waals surface area contributed by atoms with Crippen LogP contribution in [0.4, 0.5) is 17.1 Å². The zero-order chi connectivity index (χ0) is 23.2. The van der Waals surface area contributed by atoms with Crippen molar-refractivity contribution in [2.45, 2.75) is 0 Å². The molecule has 0 N–H and O–H groups in total. The molecular formula is C26H13N7. The standard InChI is InChI=1S/C26H13N7/c27-12-18(13-28)24-11-25(26(19(14-29)15-30)23-8-2-1-7-22(23)24)33(20-5-3-9-31-16-20)21-6-4-10-32-17-21/h1-11,16-17H. The van der Waals surface area contributed by atoms with E-state index >= 15 is 0 Å². The molecule has 0 bridgehead atoms. The van der Waals surface area contributed by atoms with Crippen LogP contribution in [0.25, 0.3) is 21.9 Å². The molecule has 4 aromatic rings. The number of nitriles is 4. The molecule has 0 amide bonds. The molecule has 0 saturated carbocycles. The van der Waals surface area contributed by atoms with Gasteiger partial charge >= 0.3 is 0 Å². The molecule has 0 saturated heterocycles. The highest BCUT2D eigenvalue weighted by atomic mass is 15.2. The maximum atomic E-state index is 9.79. The van der Waals surface area contributed by atoms with Crippen molar-refractivity contribution in [1.29, 1.82) is 21.0 Å². The Kier molecular flexibility index (Phi) is 5.73. The molecule has 0 unspecified atom stereocenters. The van der Waals surface area contributed by atoms with Gasteiger partial charge in [-0.05, 0) is 41.1 Å². The zero-order valence-corrected chi connectivity index (χ0v) is 17.1. The van der Waals surface area contributed by atoms with Crippen molar-refractivity contribution < 1.29 is 0 Å². The van der Waals surface area contributed by atoms with Crippen LogP contribution in [0, 0.1) is 45.3 Å². The Bertz CT molecular complexity index is 1580. The normalized spacial score (nSPS) is 9.70. The zero-order valence-electron chi connectivity index (χ0n) is 17.1. The van der Waals surface area contributed by atoms with E-state index in [0.29, 0.717) is 38.3 Å². The average Bonchev–Trinajstić information content (AvgIpc) is 2.88. The largest absolute Gasteiger partial charge is 0.307 e. The SMILES string of the molecule is N#CC(C#N)=c1cc(N(c2cccnc2)c2cccnc2)c(=C(C#N)C#N)c2ccccc12. The second-order valence-corrected chi connectivity index (χ2v) is 6.82. The van der Waals surface area contributed by atoms with E-state index < -0.39 is 0 Å². The molecule has 0 atom stereocenters. The first-order chi connectivity index (χ1) is 16.2. The van der Waals surface area contributed by atoms with E-state index in [4.69, 9.17) is 0 Å². The topological polar surface area (TPSA) is 124 Å². The molecule has 33 heavy (non-hydrogen) atoms. The smallest absolute Gasteiger partial charge is 0.139 e. The van der Waals surface area contributed by atoms with Gasteiger partial charge in [0.25, 0.3) is 0 Å². The fraction of sp³-hybridized carbons (Fsp3) is 0. The number of benzene rings is 2. The Morgan fingerprint density at radius 3 is 1.70 bits per heavy atom. The quantitative estimate of drug-likeness (QED) is 0.494.